The van der Waals surface area contributed by atoms with E-state index in [0.29, 0.717) is 0 Å². The van der Waals surface area contributed by atoms with Crippen LogP contribution in [-0.4, -0.2) is 7.11 Å². The van der Waals surface area contributed by atoms with E-state index >= 15 is 0 Å². The summed E-state index contributed by atoms with van der Waals surface area (Å²) in [6.07, 6.45) is 0. The Morgan fingerprint density at radius 3 is 2.77 bits per heavy atom. The fraction of sp³-hybridized carbons (Fsp3) is 0.125. The predicted molar refractivity (Wildman–Crippen MR) is 43.1 cm³/mol. The van der Waals surface area contributed by atoms with Gasteiger partial charge in [-0.1, -0.05) is 0 Å². The van der Waals surface area contributed by atoms with Crippen molar-refractivity contribution in [3.05, 3.63) is 28.4 Å². The number of nitrogens with zero attached hydrogens (tertiary/aromatic N) is 2. The highest BCUT2D eigenvalue weighted by molar-refractivity contribution is 5.56. The van der Waals surface area contributed by atoms with Gasteiger partial charge in [-0.3, -0.25) is 0 Å². The number of hydrogen-bond donors (Lipinski definition) is 0. The van der Waals surface area contributed by atoms with E-state index in [1.54, 1.807) is 6.07 Å². The van der Waals surface area contributed by atoms with Crippen molar-refractivity contribution in [2.75, 3.05) is 7.11 Å². The first-order valence-corrected chi connectivity index (χ1v) is 3.34. The molecule has 0 atom stereocenters. The third-order valence-electron chi connectivity index (χ3n) is 1.49. The molecule has 5 heteroatoms. The van der Waals surface area contributed by atoms with Gasteiger partial charge in [0, 0.05) is 6.07 Å². The SMILES string of the molecule is COc1cc(N=O)c(C#N)cc1F. The minimum Gasteiger partial charge on any atom is -0.494 e. The van der Waals surface area contributed by atoms with E-state index in [9.17, 15) is 9.30 Å². The number of methoxy groups -OCH3 is 1. The van der Waals surface area contributed by atoms with Gasteiger partial charge < -0.3 is 4.74 Å². The molecule has 4 nitrogen and oxygen atoms in total. The van der Waals surface area contributed by atoms with Crippen LogP contribution < -0.4 is 4.74 Å². The van der Waals surface area contributed by atoms with E-state index in [0.717, 1.165) is 12.1 Å². The zero-order valence-corrected chi connectivity index (χ0v) is 6.74. The highest BCUT2D eigenvalue weighted by atomic mass is 19.1. The molecule has 0 fully saturated rings. The zero-order valence-electron chi connectivity index (χ0n) is 6.74. The second-order valence-corrected chi connectivity index (χ2v) is 2.21. The second kappa shape index (κ2) is 3.63. The number of nitroso groups, excluding NO2 is 1. The van der Waals surface area contributed by atoms with Crippen molar-refractivity contribution in [1.82, 2.24) is 0 Å². The molecular formula is C8H5FN2O2. The monoisotopic (exact) mass is 180 g/mol. The number of nitriles is 1. The maximum Gasteiger partial charge on any atom is 0.166 e. The second-order valence-electron chi connectivity index (χ2n) is 2.21. The summed E-state index contributed by atoms with van der Waals surface area (Å²) in [5.74, 6) is -0.792. The first kappa shape index (κ1) is 9.13. The summed E-state index contributed by atoms with van der Waals surface area (Å²) >= 11 is 0. The molecule has 0 saturated heterocycles. The minimum absolute atomic E-state index is 0.103. The Bertz CT molecular complexity index is 384. The number of benzene rings is 1. The van der Waals surface area contributed by atoms with E-state index in [-0.39, 0.29) is 17.0 Å². The van der Waals surface area contributed by atoms with E-state index in [2.05, 4.69) is 9.91 Å². The summed E-state index contributed by atoms with van der Waals surface area (Å²) in [6.45, 7) is 0. The van der Waals surface area contributed by atoms with Crippen molar-refractivity contribution in [1.29, 1.82) is 5.26 Å². The predicted octanol–water partition coefficient (Wildman–Crippen LogP) is 2.10. The highest BCUT2D eigenvalue weighted by Crippen LogP contribution is 2.27. The largest absolute Gasteiger partial charge is 0.494 e. The van der Waals surface area contributed by atoms with Gasteiger partial charge in [-0.25, -0.2) is 4.39 Å². The highest BCUT2D eigenvalue weighted by Gasteiger charge is 2.10. The van der Waals surface area contributed by atoms with Crippen LogP contribution >= 0.6 is 0 Å². The molecule has 0 radical (unpaired) electrons. The first-order chi connectivity index (χ1) is 6.22. The quantitative estimate of drug-likeness (QED) is 0.654. The van der Waals surface area contributed by atoms with Gasteiger partial charge in [-0.15, -0.1) is 4.91 Å². The molecule has 0 bridgehead atoms. The van der Waals surface area contributed by atoms with Crippen LogP contribution in [0.1, 0.15) is 5.56 Å². The van der Waals surface area contributed by atoms with Gasteiger partial charge in [0.15, 0.2) is 11.6 Å². The van der Waals surface area contributed by atoms with Crippen LogP contribution in [0.15, 0.2) is 17.3 Å². The van der Waals surface area contributed by atoms with E-state index in [1.807, 2.05) is 0 Å². The molecule has 0 amide bonds. The van der Waals surface area contributed by atoms with Gasteiger partial charge in [0.1, 0.15) is 11.8 Å². The van der Waals surface area contributed by atoms with Gasteiger partial charge in [0.25, 0.3) is 0 Å². The maximum atomic E-state index is 12.9. The molecule has 0 aliphatic heterocycles. The molecule has 0 saturated carbocycles. The van der Waals surface area contributed by atoms with Crippen LogP contribution in [0.25, 0.3) is 0 Å². The van der Waals surface area contributed by atoms with Gasteiger partial charge in [-0.2, -0.15) is 5.26 Å². The molecule has 0 aliphatic rings. The molecule has 0 aliphatic carbocycles. The number of halogens is 1. The minimum atomic E-state index is -0.688. The summed E-state index contributed by atoms with van der Waals surface area (Å²) < 4.78 is 17.5. The lowest BCUT2D eigenvalue weighted by molar-refractivity contribution is 0.386. The Balaban J connectivity index is 3.36. The molecule has 66 valence electrons. The fourth-order valence-corrected chi connectivity index (χ4v) is 0.864. The number of hydrogen-bond acceptors (Lipinski definition) is 4. The summed E-state index contributed by atoms with van der Waals surface area (Å²) in [6, 6.07) is 3.65. The summed E-state index contributed by atoms with van der Waals surface area (Å²) in [5.41, 5.74) is -0.228. The van der Waals surface area contributed by atoms with Crippen LogP contribution in [0.4, 0.5) is 10.1 Å². The van der Waals surface area contributed by atoms with E-state index in [4.69, 9.17) is 5.26 Å². The third-order valence-corrected chi connectivity index (χ3v) is 1.49. The van der Waals surface area contributed by atoms with Crippen molar-refractivity contribution in [2.45, 2.75) is 0 Å². The van der Waals surface area contributed by atoms with Crippen LogP contribution in [0.5, 0.6) is 5.75 Å². The molecule has 0 spiro atoms. The van der Waals surface area contributed by atoms with Gasteiger partial charge in [0.05, 0.1) is 12.7 Å². The zero-order chi connectivity index (χ0) is 9.84. The summed E-state index contributed by atoms with van der Waals surface area (Å²) in [4.78, 5) is 10.2. The van der Waals surface area contributed by atoms with Crippen molar-refractivity contribution in [3.63, 3.8) is 0 Å². The number of ether oxygens (including phenoxy) is 1. The average molecular weight is 180 g/mol. The van der Waals surface area contributed by atoms with Gasteiger partial charge in [0.2, 0.25) is 0 Å². The smallest absolute Gasteiger partial charge is 0.166 e. The Kier molecular flexibility index (Phi) is 2.55. The molecule has 13 heavy (non-hydrogen) atoms. The Morgan fingerprint density at radius 2 is 2.31 bits per heavy atom. The van der Waals surface area contributed by atoms with Gasteiger partial charge >= 0.3 is 0 Å². The van der Waals surface area contributed by atoms with Crippen LogP contribution in [0, 0.1) is 22.1 Å². The van der Waals surface area contributed by atoms with Crippen molar-refractivity contribution >= 4 is 5.69 Å². The van der Waals surface area contributed by atoms with E-state index in [1.165, 1.54) is 7.11 Å². The Hall–Kier alpha value is -1.96. The van der Waals surface area contributed by atoms with E-state index < -0.39 is 5.82 Å². The molecular weight excluding hydrogens is 175 g/mol. The molecule has 0 aromatic heterocycles. The Labute approximate surface area is 73.5 Å². The average Bonchev–Trinajstić information content (AvgIpc) is 2.17. The molecule has 1 rings (SSSR count). The maximum absolute atomic E-state index is 12.9. The Morgan fingerprint density at radius 1 is 1.62 bits per heavy atom. The molecule has 0 heterocycles. The first-order valence-electron chi connectivity index (χ1n) is 3.34. The van der Waals surface area contributed by atoms with Crippen LogP contribution in [0.2, 0.25) is 0 Å². The van der Waals surface area contributed by atoms with Crippen molar-refractivity contribution in [2.24, 2.45) is 5.18 Å². The molecule has 0 unspecified atom stereocenters. The van der Waals surface area contributed by atoms with Crippen molar-refractivity contribution in [3.8, 4) is 11.8 Å². The topological polar surface area (TPSA) is 62.4 Å². The standard InChI is InChI=1S/C8H5FN2O2/c1-13-8-3-7(11-12)5(4-10)2-6(8)9/h2-3H,1H3. The lowest BCUT2D eigenvalue weighted by atomic mass is 10.2. The normalized spacial score (nSPS) is 9.00. The third kappa shape index (κ3) is 1.62. The van der Waals surface area contributed by atoms with Crippen molar-refractivity contribution < 1.29 is 9.13 Å². The summed E-state index contributed by atoms with van der Waals surface area (Å²) in [7, 11) is 1.26. The lowest BCUT2D eigenvalue weighted by Crippen LogP contribution is -1.89. The molecule has 0 N–H and O–H groups in total. The molecule has 1 aromatic carbocycles. The summed E-state index contributed by atoms with van der Waals surface area (Å²) in [5, 5.41) is 11.1. The van der Waals surface area contributed by atoms with Crippen LogP contribution in [0.3, 0.4) is 0 Å². The van der Waals surface area contributed by atoms with Gasteiger partial charge in [-0.05, 0) is 11.2 Å². The molecule has 1 aromatic rings. The lowest BCUT2D eigenvalue weighted by Gasteiger charge is -2.01. The number of rotatable bonds is 2. The fourth-order valence-electron chi connectivity index (χ4n) is 0.864. The van der Waals surface area contributed by atoms with Crippen LogP contribution in [-0.2, 0) is 0 Å².